The van der Waals surface area contributed by atoms with E-state index in [-0.39, 0.29) is 32.4 Å². The summed E-state index contributed by atoms with van der Waals surface area (Å²) in [6.45, 7) is 5.91. The number of thiophene rings is 1. The molecule has 0 saturated carbocycles. The largest absolute Gasteiger partial charge is 0.386 e. The Kier molecular flexibility index (Phi) is 6.51. The van der Waals surface area contributed by atoms with Crippen molar-refractivity contribution in [2.45, 2.75) is 38.9 Å². The molecule has 0 bridgehead atoms. The summed E-state index contributed by atoms with van der Waals surface area (Å²) in [5.41, 5.74) is 2.92. The van der Waals surface area contributed by atoms with Crippen molar-refractivity contribution in [3.05, 3.63) is 58.8 Å². The average Bonchev–Trinajstić information content (AvgIpc) is 3.09. The summed E-state index contributed by atoms with van der Waals surface area (Å²) in [6.07, 6.45) is 0. The second kappa shape index (κ2) is 8.86. The minimum atomic E-state index is -1.43. The van der Waals surface area contributed by atoms with Gasteiger partial charge in [0.05, 0.1) is 16.7 Å². The fourth-order valence-electron chi connectivity index (χ4n) is 2.75. The van der Waals surface area contributed by atoms with Gasteiger partial charge >= 0.3 is 0 Å². The lowest BCUT2D eigenvalue weighted by molar-refractivity contribution is 0.0778. The number of nitrogens with one attached hydrogen (secondary N) is 1. The van der Waals surface area contributed by atoms with Gasteiger partial charge in [-0.3, -0.25) is 4.79 Å². The Morgan fingerprint density at radius 3 is 2.21 bits per heavy atom. The number of nitrogens with zero attached hydrogens (tertiary/aromatic N) is 2. The number of carbonyl (C=O) groups excluding carboxylic acids is 1. The molecule has 2 heterocycles. The van der Waals surface area contributed by atoms with Crippen LogP contribution >= 0.6 is 11.3 Å². The van der Waals surface area contributed by atoms with Gasteiger partial charge in [-0.2, -0.15) is 0 Å². The third kappa shape index (κ3) is 5.90. The summed E-state index contributed by atoms with van der Waals surface area (Å²) in [4.78, 5) is 12.1. The van der Waals surface area contributed by atoms with Crippen LogP contribution in [0.1, 0.15) is 49.3 Å². The molecule has 172 valence electrons. The molecule has 1 amide bonds. The van der Waals surface area contributed by atoms with Crippen molar-refractivity contribution in [3.8, 4) is 22.3 Å². The standard InChI is InChI=1S/C23H22F2N4O3S/c1-22(2,31)8-7-13-5-6-18(29-28-13)27-21-14(20(26)30)11-17(33-21)19-15(24)9-12(10-16(19)25)23(3,4)32/h5-6,9-11,31-32H,1-4H3,(H2,26,30)(H,27,29). The van der Waals surface area contributed by atoms with Crippen LogP contribution in [0.15, 0.2) is 30.3 Å². The van der Waals surface area contributed by atoms with E-state index in [4.69, 9.17) is 5.73 Å². The molecule has 0 aliphatic carbocycles. The normalized spacial score (nSPS) is 11.6. The third-order valence-corrected chi connectivity index (χ3v) is 5.46. The number of hydrogen-bond donors (Lipinski definition) is 4. The van der Waals surface area contributed by atoms with Gasteiger partial charge in [0.1, 0.15) is 27.9 Å². The summed E-state index contributed by atoms with van der Waals surface area (Å²) < 4.78 is 29.5. The van der Waals surface area contributed by atoms with E-state index >= 15 is 0 Å². The summed E-state index contributed by atoms with van der Waals surface area (Å²) >= 11 is 0.912. The minimum absolute atomic E-state index is 0.0214. The number of anilines is 2. The van der Waals surface area contributed by atoms with Crippen molar-refractivity contribution in [2.24, 2.45) is 5.73 Å². The molecule has 0 aliphatic heterocycles. The fraction of sp³-hybridized carbons (Fsp3) is 0.261. The first-order chi connectivity index (χ1) is 15.2. The molecule has 0 fully saturated rings. The van der Waals surface area contributed by atoms with Crippen LogP contribution in [0, 0.1) is 23.5 Å². The highest BCUT2D eigenvalue weighted by molar-refractivity contribution is 7.20. The van der Waals surface area contributed by atoms with Gasteiger partial charge in [-0.15, -0.1) is 21.5 Å². The summed E-state index contributed by atoms with van der Waals surface area (Å²) in [5.74, 6) is 2.98. The SMILES string of the molecule is CC(C)(O)C#Cc1ccc(Nc2sc(-c3c(F)cc(C(C)(C)O)cc3F)cc2C(N)=O)nn1. The van der Waals surface area contributed by atoms with Gasteiger partial charge in [-0.05, 0) is 69.5 Å². The van der Waals surface area contributed by atoms with Gasteiger partial charge in [-0.25, -0.2) is 8.78 Å². The Bertz CT molecular complexity index is 1240. The number of aromatic nitrogens is 2. The first kappa shape index (κ1) is 24.3. The highest BCUT2D eigenvalue weighted by atomic mass is 32.1. The summed E-state index contributed by atoms with van der Waals surface area (Å²) in [5, 5.41) is 30.7. The Morgan fingerprint density at radius 1 is 1.09 bits per heavy atom. The van der Waals surface area contributed by atoms with Crippen LogP contribution in [0.5, 0.6) is 0 Å². The number of hydrogen-bond acceptors (Lipinski definition) is 7. The molecule has 3 aromatic rings. The Hall–Kier alpha value is -3.39. The van der Waals surface area contributed by atoms with Crippen molar-refractivity contribution >= 4 is 28.1 Å². The molecule has 0 unspecified atom stereocenters. The van der Waals surface area contributed by atoms with Crippen LogP contribution < -0.4 is 11.1 Å². The van der Waals surface area contributed by atoms with E-state index in [1.54, 1.807) is 12.1 Å². The van der Waals surface area contributed by atoms with Crippen LogP contribution in [0.2, 0.25) is 0 Å². The topological polar surface area (TPSA) is 121 Å². The molecule has 0 saturated heterocycles. The Morgan fingerprint density at radius 2 is 1.73 bits per heavy atom. The highest BCUT2D eigenvalue weighted by Crippen LogP contribution is 2.40. The van der Waals surface area contributed by atoms with E-state index in [2.05, 4.69) is 27.4 Å². The van der Waals surface area contributed by atoms with Gasteiger partial charge in [0.2, 0.25) is 0 Å². The minimum Gasteiger partial charge on any atom is -0.386 e. The zero-order chi connectivity index (χ0) is 24.6. The maximum atomic E-state index is 14.8. The van der Waals surface area contributed by atoms with Gasteiger partial charge in [0.25, 0.3) is 5.91 Å². The maximum Gasteiger partial charge on any atom is 0.251 e. The van der Waals surface area contributed by atoms with E-state index in [1.807, 2.05) is 0 Å². The number of aliphatic hydroxyl groups is 2. The van der Waals surface area contributed by atoms with Crippen LogP contribution in [0.25, 0.3) is 10.4 Å². The van der Waals surface area contributed by atoms with E-state index in [1.165, 1.54) is 33.8 Å². The Labute approximate surface area is 193 Å². The van der Waals surface area contributed by atoms with Crippen molar-refractivity contribution in [2.75, 3.05) is 5.32 Å². The number of halogens is 2. The molecule has 1 aromatic carbocycles. The smallest absolute Gasteiger partial charge is 0.251 e. The molecule has 3 rings (SSSR count). The first-order valence-corrected chi connectivity index (χ1v) is 10.6. The van der Waals surface area contributed by atoms with E-state index < -0.39 is 28.7 Å². The highest BCUT2D eigenvalue weighted by Gasteiger charge is 2.24. The van der Waals surface area contributed by atoms with E-state index in [0.717, 1.165) is 23.5 Å². The van der Waals surface area contributed by atoms with Crippen molar-refractivity contribution in [3.63, 3.8) is 0 Å². The number of rotatable bonds is 5. The third-order valence-electron chi connectivity index (χ3n) is 4.40. The van der Waals surface area contributed by atoms with Crippen LogP contribution in [0.4, 0.5) is 19.6 Å². The monoisotopic (exact) mass is 472 g/mol. The van der Waals surface area contributed by atoms with Crippen LogP contribution in [-0.4, -0.2) is 31.9 Å². The molecule has 33 heavy (non-hydrogen) atoms. The zero-order valence-corrected chi connectivity index (χ0v) is 19.1. The lowest BCUT2D eigenvalue weighted by atomic mass is 9.96. The molecule has 0 aliphatic rings. The lowest BCUT2D eigenvalue weighted by Crippen LogP contribution is -2.16. The van der Waals surface area contributed by atoms with Gasteiger partial charge in [0, 0.05) is 4.88 Å². The zero-order valence-electron chi connectivity index (χ0n) is 18.3. The molecule has 5 N–H and O–H groups in total. The Balaban J connectivity index is 1.96. The lowest BCUT2D eigenvalue weighted by Gasteiger charge is -2.18. The number of benzene rings is 1. The van der Waals surface area contributed by atoms with Crippen molar-refractivity contribution < 1.29 is 23.8 Å². The average molecular weight is 473 g/mol. The molecule has 0 atom stereocenters. The summed E-state index contributed by atoms with van der Waals surface area (Å²) in [7, 11) is 0. The second-order valence-electron chi connectivity index (χ2n) is 8.33. The number of amides is 1. The van der Waals surface area contributed by atoms with Crippen LogP contribution in [-0.2, 0) is 5.60 Å². The molecular weight excluding hydrogens is 450 g/mol. The fourth-order valence-corrected chi connectivity index (χ4v) is 3.87. The maximum absolute atomic E-state index is 14.8. The van der Waals surface area contributed by atoms with E-state index in [0.29, 0.717) is 5.69 Å². The van der Waals surface area contributed by atoms with Crippen molar-refractivity contribution in [1.29, 1.82) is 0 Å². The summed E-state index contributed by atoms with van der Waals surface area (Å²) in [6, 6.07) is 6.49. The molecule has 10 heteroatoms. The molecule has 2 aromatic heterocycles. The predicted octanol–water partition coefficient (Wildman–Crippen LogP) is 3.68. The van der Waals surface area contributed by atoms with Crippen LogP contribution in [0.3, 0.4) is 0 Å². The number of nitrogens with two attached hydrogens (primary N) is 1. The first-order valence-electron chi connectivity index (χ1n) is 9.77. The van der Waals surface area contributed by atoms with Crippen molar-refractivity contribution in [1.82, 2.24) is 10.2 Å². The number of carbonyl (C=O) groups is 1. The predicted molar refractivity (Wildman–Crippen MR) is 122 cm³/mol. The van der Waals surface area contributed by atoms with Gasteiger partial charge in [-0.1, -0.05) is 5.92 Å². The molecule has 0 radical (unpaired) electrons. The second-order valence-corrected chi connectivity index (χ2v) is 9.38. The number of primary amides is 1. The molecular formula is C23H22F2N4O3S. The molecule has 0 spiro atoms. The van der Waals surface area contributed by atoms with Gasteiger partial charge in [0.15, 0.2) is 5.82 Å². The molecule has 7 nitrogen and oxygen atoms in total. The van der Waals surface area contributed by atoms with Gasteiger partial charge < -0.3 is 21.3 Å². The van der Waals surface area contributed by atoms with E-state index in [9.17, 15) is 23.8 Å². The quantitative estimate of drug-likeness (QED) is 0.421.